The molecule has 1 unspecified atom stereocenters. The largest absolute Gasteiger partial charge is 0.320 e. The number of anilines is 1. The maximum Gasteiger partial charge on any atom is 0.270 e. The van der Waals surface area contributed by atoms with E-state index in [0.717, 1.165) is 52.9 Å². The van der Waals surface area contributed by atoms with E-state index in [-0.39, 0.29) is 11.8 Å². The van der Waals surface area contributed by atoms with Crippen LogP contribution in [0.2, 0.25) is 0 Å². The van der Waals surface area contributed by atoms with E-state index in [1.807, 2.05) is 64.1 Å². The van der Waals surface area contributed by atoms with Gasteiger partial charge in [0.2, 0.25) is 0 Å². The lowest BCUT2D eigenvalue weighted by Gasteiger charge is -2.20. The van der Waals surface area contributed by atoms with Crippen LogP contribution < -0.4 is 5.32 Å². The maximum atomic E-state index is 13.3. The lowest BCUT2D eigenvalue weighted by molar-refractivity contribution is -0.110. The molecule has 140 valence electrons. The minimum atomic E-state index is -0.105. The average Bonchev–Trinajstić information content (AvgIpc) is 2.65. The minimum Gasteiger partial charge on any atom is -0.320 e. The lowest BCUT2D eigenvalue weighted by atomic mass is 9.90. The molecule has 0 saturated heterocycles. The van der Waals surface area contributed by atoms with E-state index < -0.39 is 0 Å². The molecule has 0 bridgehead atoms. The molecule has 0 saturated carbocycles. The first kappa shape index (κ1) is 19.1. The zero-order valence-corrected chi connectivity index (χ0v) is 16.7. The Morgan fingerprint density at radius 2 is 1.56 bits per heavy atom. The average molecular weight is 361 g/mol. The fourth-order valence-electron chi connectivity index (χ4n) is 3.63. The van der Waals surface area contributed by atoms with Crippen LogP contribution in [-0.4, -0.2) is 11.6 Å². The van der Waals surface area contributed by atoms with Gasteiger partial charge in [-0.15, -0.1) is 0 Å². The zero-order valence-electron chi connectivity index (χ0n) is 16.7. The van der Waals surface area contributed by atoms with Gasteiger partial charge in [0, 0.05) is 11.6 Å². The van der Waals surface area contributed by atoms with Gasteiger partial charge in [-0.2, -0.15) is 0 Å². The Balaban J connectivity index is 2.02. The van der Waals surface area contributed by atoms with E-state index in [4.69, 9.17) is 4.99 Å². The molecule has 3 nitrogen and oxygen atoms in total. The molecule has 3 heteroatoms. The Hall–Kier alpha value is -2.68. The summed E-state index contributed by atoms with van der Waals surface area (Å²) in [5.41, 5.74) is 6.70. The van der Waals surface area contributed by atoms with Gasteiger partial charge in [-0.25, -0.2) is 4.99 Å². The quantitative estimate of drug-likeness (QED) is 0.528. The highest BCUT2D eigenvalue weighted by Gasteiger charge is 2.24. The van der Waals surface area contributed by atoms with E-state index in [0.29, 0.717) is 5.71 Å². The van der Waals surface area contributed by atoms with Gasteiger partial charge in [0.05, 0.1) is 5.69 Å². The molecule has 1 atom stereocenters. The number of aryl methyl sites for hydroxylation is 4. The van der Waals surface area contributed by atoms with Crippen LogP contribution in [0.3, 0.4) is 0 Å². The lowest BCUT2D eigenvalue weighted by Crippen LogP contribution is -2.30. The van der Waals surface area contributed by atoms with Crippen LogP contribution in [0.25, 0.3) is 0 Å². The summed E-state index contributed by atoms with van der Waals surface area (Å²) in [6.45, 7) is 8.13. The van der Waals surface area contributed by atoms with Crippen molar-refractivity contribution in [2.24, 2.45) is 10.9 Å². The van der Waals surface area contributed by atoms with Crippen LogP contribution >= 0.6 is 0 Å². The Bertz CT molecular complexity index is 868. The molecule has 0 heterocycles. The van der Waals surface area contributed by atoms with Crippen molar-refractivity contribution in [2.45, 2.75) is 47.0 Å². The molecule has 27 heavy (non-hydrogen) atoms. The number of allylic oxidation sites excluding steroid dienone is 2. The van der Waals surface area contributed by atoms with Crippen molar-refractivity contribution in [3.05, 3.63) is 70.8 Å². The van der Waals surface area contributed by atoms with Crippen molar-refractivity contribution in [3.8, 4) is 0 Å². The number of rotatable bonds is 4. The fourth-order valence-corrected chi connectivity index (χ4v) is 3.63. The van der Waals surface area contributed by atoms with Crippen molar-refractivity contribution in [2.75, 3.05) is 5.32 Å². The number of benzene rings is 2. The highest BCUT2D eigenvalue weighted by atomic mass is 16.1. The second-order valence-electron chi connectivity index (χ2n) is 7.42. The van der Waals surface area contributed by atoms with Gasteiger partial charge in [0.1, 0.15) is 5.71 Å². The fraction of sp³-hybridized carbons (Fsp3) is 0.333. The molecule has 2 aromatic carbocycles. The van der Waals surface area contributed by atoms with Crippen molar-refractivity contribution in [1.29, 1.82) is 0 Å². The van der Waals surface area contributed by atoms with Crippen LogP contribution in [0, 0.1) is 33.6 Å². The molecule has 1 amide bonds. The number of carbonyl (C=O) groups excluding carboxylic acids is 1. The van der Waals surface area contributed by atoms with Crippen molar-refractivity contribution in [1.82, 2.24) is 0 Å². The summed E-state index contributed by atoms with van der Waals surface area (Å²) in [6.07, 6.45) is 7.43. The summed E-state index contributed by atoms with van der Waals surface area (Å²) in [5.74, 6) is -0.0475. The van der Waals surface area contributed by atoms with Gasteiger partial charge in [0.25, 0.3) is 5.91 Å². The zero-order chi connectivity index (χ0) is 19.4. The number of nitrogens with one attached hydrogen (secondary N) is 1. The Labute approximate surface area is 162 Å². The molecule has 0 spiro atoms. The number of hydrogen-bond donors (Lipinski definition) is 1. The van der Waals surface area contributed by atoms with E-state index in [1.54, 1.807) is 0 Å². The highest BCUT2D eigenvalue weighted by Crippen LogP contribution is 2.28. The number of nitrogens with zero attached hydrogens (tertiary/aromatic N) is 1. The van der Waals surface area contributed by atoms with E-state index >= 15 is 0 Å². The first-order chi connectivity index (χ1) is 13.0. The third-order valence-corrected chi connectivity index (χ3v) is 5.23. The molecular formula is C24H28N2O. The summed E-state index contributed by atoms with van der Waals surface area (Å²) in [4.78, 5) is 18.2. The molecule has 0 aromatic heterocycles. The van der Waals surface area contributed by atoms with Crippen LogP contribution in [0.1, 0.15) is 41.5 Å². The standard InChI is InChI=1S/C24H28N2O/c1-16-10-8-11-17(2)21(16)25-23(20-14-6-5-7-15-20)24(27)26-22-18(3)12-9-13-19(22)4/h6,8-14,20H,5,7,15H2,1-4H3,(H,26,27). The third kappa shape index (κ3) is 4.36. The Morgan fingerprint density at radius 3 is 2.11 bits per heavy atom. The van der Waals surface area contributed by atoms with E-state index in [1.165, 1.54) is 0 Å². The third-order valence-electron chi connectivity index (χ3n) is 5.23. The summed E-state index contributed by atoms with van der Waals surface area (Å²) >= 11 is 0. The SMILES string of the molecule is Cc1cccc(C)c1N=C(C(=O)Nc1c(C)cccc1C)C1C=CCCC1. The predicted molar refractivity (Wildman–Crippen MR) is 114 cm³/mol. The Kier molecular flexibility index (Phi) is 5.90. The highest BCUT2D eigenvalue weighted by molar-refractivity contribution is 6.44. The van der Waals surface area contributed by atoms with Crippen molar-refractivity contribution in [3.63, 3.8) is 0 Å². The minimum absolute atomic E-state index is 0.0575. The topological polar surface area (TPSA) is 41.5 Å². The van der Waals surface area contributed by atoms with Crippen molar-refractivity contribution >= 4 is 23.0 Å². The number of carbonyl (C=O) groups is 1. The maximum absolute atomic E-state index is 13.3. The number of amides is 1. The Morgan fingerprint density at radius 1 is 0.963 bits per heavy atom. The molecule has 1 aliphatic rings. The number of hydrogen-bond acceptors (Lipinski definition) is 2. The monoisotopic (exact) mass is 360 g/mol. The van der Waals surface area contributed by atoms with Crippen LogP contribution in [0.5, 0.6) is 0 Å². The second kappa shape index (κ2) is 8.34. The molecular weight excluding hydrogens is 332 g/mol. The summed E-state index contributed by atoms with van der Waals surface area (Å²) < 4.78 is 0. The smallest absolute Gasteiger partial charge is 0.270 e. The normalized spacial score (nSPS) is 17.0. The summed E-state index contributed by atoms with van der Waals surface area (Å²) in [6, 6.07) is 12.2. The van der Waals surface area contributed by atoms with Gasteiger partial charge in [-0.1, -0.05) is 48.6 Å². The molecule has 0 radical (unpaired) electrons. The molecule has 1 N–H and O–H groups in total. The van der Waals surface area contributed by atoms with Gasteiger partial charge in [0.15, 0.2) is 0 Å². The van der Waals surface area contributed by atoms with Crippen LogP contribution in [-0.2, 0) is 4.79 Å². The van der Waals surface area contributed by atoms with Gasteiger partial charge in [-0.05, 0) is 69.2 Å². The summed E-state index contributed by atoms with van der Waals surface area (Å²) in [7, 11) is 0. The molecule has 0 fully saturated rings. The molecule has 1 aliphatic carbocycles. The van der Waals surface area contributed by atoms with Gasteiger partial charge < -0.3 is 5.32 Å². The molecule has 3 rings (SSSR count). The van der Waals surface area contributed by atoms with Gasteiger partial charge >= 0.3 is 0 Å². The first-order valence-electron chi connectivity index (χ1n) is 9.66. The number of aliphatic imine (C=N–C) groups is 1. The second-order valence-corrected chi connectivity index (χ2v) is 7.42. The predicted octanol–water partition coefficient (Wildman–Crippen LogP) is 5.99. The number of para-hydroxylation sites is 2. The molecule has 0 aliphatic heterocycles. The van der Waals surface area contributed by atoms with E-state index in [2.05, 4.69) is 17.5 Å². The van der Waals surface area contributed by atoms with Crippen molar-refractivity contribution < 1.29 is 4.79 Å². The van der Waals surface area contributed by atoms with Crippen LogP contribution in [0.4, 0.5) is 11.4 Å². The van der Waals surface area contributed by atoms with Gasteiger partial charge in [-0.3, -0.25) is 4.79 Å². The molecule has 2 aromatic rings. The van der Waals surface area contributed by atoms with Crippen LogP contribution in [0.15, 0.2) is 53.5 Å². The van der Waals surface area contributed by atoms with E-state index in [9.17, 15) is 4.79 Å². The first-order valence-corrected chi connectivity index (χ1v) is 9.66. The summed E-state index contributed by atoms with van der Waals surface area (Å²) in [5, 5.41) is 3.13.